The Kier molecular flexibility index (Phi) is 19.8. The van der Waals surface area contributed by atoms with Crippen LogP contribution in [0.15, 0.2) is 0 Å². The smallest absolute Gasteiger partial charge is 0.221 e. The maximum Gasteiger partial charge on any atom is 0.221 e. The molecule has 1 amide bonds. The Morgan fingerprint density at radius 3 is 1.96 bits per heavy atom. The van der Waals surface area contributed by atoms with E-state index in [9.17, 15) is 4.79 Å². The fourth-order valence-electron chi connectivity index (χ4n) is 2.05. The maximum absolute atomic E-state index is 11.6. The monoisotopic (exact) mass is 401 g/mol. The Bertz CT molecular complexity index is 423. The first-order valence-corrected chi connectivity index (χ1v) is 10.6. The van der Waals surface area contributed by atoms with Crippen LogP contribution >= 0.6 is 0 Å². The van der Waals surface area contributed by atoms with E-state index in [1.807, 2.05) is 13.8 Å². The minimum absolute atomic E-state index is 0. The summed E-state index contributed by atoms with van der Waals surface area (Å²) in [4.78, 5) is 11.6. The van der Waals surface area contributed by atoms with Gasteiger partial charge in [0.25, 0.3) is 0 Å². The van der Waals surface area contributed by atoms with Crippen LogP contribution in [0.25, 0.3) is 0 Å². The fraction of sp³-hybridized carbons (Fsp3) is 0.864. The second kappa shape index (κ2) is 20.6. The van der Waals surface area contributed by atoms with Crippen LogP contribution in [-0.2, 0) is 23.7 Å². The molecule has 166 valence electrons. The van der Waals surface area contributed by atoms with Crippen molar-refractivity contribution < 1.29 is 25.2 Å². The lowest BCUT2D eigenvalue weighted by Gasteiger charge is -2.09. The minimum Gasteiger partial charge on any atom is -0.379 e. The highest BCUT2D eigenvalue weighted by atomic mass is 16.6. The number of carbonyl (C=O) groups is 1. The van der Waals surface area contributed by atoms with Crippen LogP contribution in [-0.4, -0.2) is 65.3 Å². The van der Waals surface area contributed by atoms with E-state index in [1.54, 1.807) is 0 Å². The lowest BCUT2D eigenvalue weighted by Crippen LogP contribution is -2.27. The number of nitrogens with one attached hydrogen (secondary N) is 1. The summed E-state index contributed by atoms with van der Waals surface area (Å²) in [6.07, 6.45) is 3.34. The molecule has 0 aromatic heterocycles. The molecule has 0 aromatic rings. The summed E-state index contributed by atoms with van der Waals surface area (Å²) in [5, 5.41) is 2.82. The molecule has 0 saturated heterocycles. The van der Waals surface area contributed by atoms with E-state index in [2.05, 4.69) is 31.0 Å². The zero-order valence-electron chi connectivity index (χ0n) is 18.4. The van der Waals surface area contributed by atoms with E-state index in [0.29, 0.717) is 71.6 Å². The van der Waals surface area contributed by atoms with Gasteiger partial charge < -0.3 is 24.3 Å². The summed E-state index contributed by atoms with van der Waals surface area (Å²) >= 11 is 0. The summed E-state index contributed by atoms with van der Waals surface area (Å²) in [5.74, 6) is 7.13. The van der Waals surface area contributed by atoms with Gasteiger partial charge in [-0.15, -0.1) is 11.8 Å². The van der Waals surface area contributed by atoms with Crippen LogP contribution in [0.2, 0.25) is 0 Å². The lowest BCUT2D eigenvalue weighted by molar-refractivity contribution is -0.121. The minimum atomic E-state index is 0. The Balaban J connectivity index is 0. The average molecular weight is 402 g/mol. The van der Waals surface area contributed by atoms with E-state index < -0.39 is 0 Å². The number of amides is 1. The Hall–Kier alpha value is -1.13. The van der Waals surface area contributed by atoms with Gasteiger partial charge in [0.05, 0.1) is 46.2 Å². The summed E-state index contributed by atoms with van der Waals surface area (Å²) in [6.45, 7) is 13.7. The first-order chi connectivity index (χ1) is 13.6. The van der Waals surface area contributed by atoms with Crippen molar-refractivity contribution in [3.05, 3.63) is 0 Å². The fourth-order valence-corrected chi connectivity index (χ4v) is 2.05. The van der Waals surface area contributed by atoms with E-state index in [0.717, 1.165) is 18.9 Å². The van der Waals surface area contributed by atoms with Gasteiger partial charge >= 0.3 is 0 Å². The predicted octanol–water partition coefficient (Wildman–Crippen LogP) is 3.29. The predicted molar refractivity (Wildman–Crippen MR) is 114 cm³/mol. The third kappa shape index (κ3) is 21.2. The first kappa shape index (κ1) is 26.9. The van der Waals surface area contributed by atoms with Crippen molar-refractivity contribution in [1.82, 2.24) is 5.32 Å². The van der Waals surface area contributed by atoms with Gasteiger partial charge in [0.1, 0.15) is 0 Å². The molecule has 0 aliphatic heterocycles. The molecule has 0 saturated carbocycles. The number of hydrogen-bond donors (Lipinski definition) is 1. The van der Waals surface area contributed by atoms with Crippen LogP contribution in [0.3, 0.4) is 0 Å². The number of carbonyl (C=O) groups excluding carboxylic acids is 1. The van der Waals surface area contributed by atoms with E-state index >= 15 is 0 Å². The molecule has 0 heterocycles. The van der Waals surface area contributed by atoms with E-state index in [4.69, 9.17) is 18.9 Å². The third-order valence-corrected chi connectivity index (χ3v) is 4.00. The van der Waals surface area contributed by atoms with Gasteiger partial charge in [0, 0.05) is 33.3 Å². The lowest BCUT2D eigenvalue weighted by atomic mass is 10.1. The van der Waals surface area contributed by atoms with Crippen molar-refractivity contribution in [3.63, 3.8) is 0 Å². The van der Waals surface area contributed by atoms with Crippen molar-refractivity contribution in [2.75, 3.05) is 59.4 Å². The number of rotatable bonds is 18. The molecule has 0 radical (unpaired) electrons. The summed E-state index contributed by atoms with van der Waals surface area (Å²) in [7, 11) is 0. The van der Waals surface area contributed by atoms with Gasteiger partial charge in [0.2, 0.25) is 5.91 Å². The largest absolute Gasteiger partial charge is 0.379 e. The Morgan fingerprint density at radius 1 is 0.893 bits per heavy atom. The molecule has 1 unspecified atom stereocenters. The SMILES string of the molecule is CCC(C)CCOCCOCCOCCOCCNC(=O)CCC#CC(C)C.[HH]. The molecule has 0 aliphatic carbocycles. The average Bonchev–Trinajstić information content (AvgIpc) is 2.67. The molecule has 0 bridgehead atoms. The number of hydrogen-bond acceptors (Lipinski definition) is 5. The molecule has 6 heteroatoms. The van der Waals surface area contributed by atoms with Gasteiger partial charge in [-0.25, -0.2) is 0 Å². The highest BCUT2D eigenvalue weighted by Gasteiger charge is 1.99. The molecule has 0 rings (SSSR count). The third-order valence-electron chi connectivity index (χ3n) is 4.00. The van der Waals surface area contributed by atoms with Crippen LogP contribution in [0.1, 0.15) is 54.8 Å². The molecular weight excluding hydrogens is 358 g/mol. The van der Waals surface area contributed by atoms with Crippen LogP contribution in [0, 0.1) is 23.7 Å². The molecule has 0 aromatic carbocycles. The van der Waals surface area contributed by atoms with Crippen molar-refractivity contribution in [3.8, 4) is 11.8 Å². The molecule has 1 N–H and O–H groups in total. The highest BCUT2D eigenvalue weighted by molar-refractivity contribution is 5.76. The van der Waals surface area contributed by atoms with Gasteiger partial charge in [-0.3, -0.25) is 4.79 Å². The van der Waals surface area contributed by atoms with Gasteiger partial charge in [-0.1, -0.05) is 34.1 Å². The van der Waals surface area contributed by atoms with Crippen LogP contribution in [0.5, 0.6) is 0 Å². The van der Waals surface area contributed by atoms with Crippen LogP contribution in [0.4, 0.5) is 0 Å². The van der Waals surface area contributed by atoms with Gasteiger partial charge in [-0.2, -0.15) is 0 Å². The molecule has 0 fully saturated rings. The second-order valence-electron chi connectivity index (χ2n) is 7.08. The normalized spacial score (nSPS) is 11.9. The topological polar surface area (TPSA) is 66.0 Å². The van der Waals surface area contributed by atoms with Crippen molar-refractivity contribution >= 4 is 5.91 Å². The maximum atomic E-state index is 11.6. The van der Waals surface area contributed by atoms with Crippen molar-refractivity contribution in [1.29, 1.82) is 0 Å². The van der Waals surface area contributed by atoms with E-state index in [1.165, 1.54) is 6.42 Å². The Morgan fingerprint density at radius 2 is 1.43 bits per heavy atom. The van der Waals surface area contributed by atoms with Crippen molar-refractivity contribution in [2.45, 2.75) is 53.4 Å². The molecule has 1 atom stereocenters. The quantitative estimate of drug-likeness (QED) is 0.282. The van der Waals surface area contributed by atoms with Crippen molar-refractivity contribution in [2.24, 2.45) is 11.8 Å². The zero-order valence-corrected chi connectivity index (χ0v) is 18.4. The van der Waals surface area contributed by atoms with Crippen LogP contribution < -0.4 is 5.32 Å². The molecule has 0 aliphatic rings. The molecule has 0 spiro atoms. The molecule has 28 heavy (non-hydrogen) atoms. The highest BCUT2D eigenvalue weighted by Crippen LogP contribution is 2.05. The molecule has 6 nitrogen and oxygen atoms in total. The molecular formula is C22H43NO5. The zero-order chi connectivity index (χ0) is 20.9. The van der Waals surface area contributed by atoms with Gasteiger partial charge in [-0.05, 0) is 12.3 Å². The number of ether oxygens (including phenoxy) is 4. The summed E-state index contributed by atoms with van der Waals surface area (Å²) in [5.41, 5.74) is 0. The first-order valence-electron chi connectivity index (χ1n) is 10.6. The summed E-state index contributed by atoms with van der Waals surface area (Å²) in [6, 6.07) is 0. The summed E-state index contributed by atoms with van der Waals surface area (Å²) < 4.78 is 21.8. The Labute approximate surface area is 173 Å². The van der Waals surface area contributed by atoms with Gasteiger partial charge in [0.15, 0.2) is 0 Å². The standard InChI is InChI=1S/C22H41NO5.H2/c1-5-21(4)10-12-25-14-16-27-18-19-28-17-15-26-13-11-23-22(24)9-7-6-8-20(2)3;/h20-21H,5,7,9-19H2,1-4H3,(H,23,24);1H. The van der Waals surface area contributed by atoms with E-state index in [-0.39, 0.29) is 7.33 Å². The second-order valence-corrected chi connectivity index (χ2v) is 7.08.